The number of hydrogen-bond donors (Lipinski definition) is 1. The molecule has 0 radical (unpaired) electrons. The Morgan fingerprint density at radius 2 is 2.00 bits per heavy atom. The van der Waals surface area contributed by atoms with Gasteiger partial charge in [0.15, 0.2) is 0 Å². The van der Waals surface area contributed by atoms with Gasteiger partial charge in [0, 0.05) is 12.1 Å². The summed E-state index contributed by atoms with van der Waals surface area (Å²) >= 11 is 7.32. The molecule has 0 spiro atoms. The van der Waals surface area contributed by atoms with E-state index < -0.39 is 5.97 Å². The largest absolute Gasteiger partial charge is 0.462 e. The van der Waals surface area contributed by atoms with Gasteiger partial charge in [0.05, 0.1) is 17.6 Å². The number of halogens is 1. The minimum absolute atomic E-state index is 0.0331. The van der Waals surface area contributed by atoms with E-state index >= 15 is 0 Å². The number of pyridine rings is 1. The van der Waals surface area contributed by atoms with E-state index in [1.165, 1.54) is 17.8 Å². The third-order valence-electron chi connectivity index (χ3n) is 8.37. The topological polar surface area (TPSA) is 88.6 Å². The first-order valence-electron chi connectivity index (χ1n) is 12.5. The summed E-state index contributed by atoms with van der Waals surface area (Å²) in [5.74, 6) is 1.05. The summed E-state index contributed by atoms with van der Waals surface area (Å²) in [5.41, 5.74) is 1.09. The summed E-state index contributed by atoms with van der Waals surface area (Å²) < 4.78 is 5.39. The van der Waals surface area contributed by atoms with Crippen LogP contribution in [0.4, 0.5) is 10.0 Å². The second-order valence-corrected chi connectivity index (χ2v) is 11.8. The highest BCUT2D eigenvalue weighted by molar-refractivity contribution is 7.21. The lowest BCUT2D eigenvalue weighted by Gasteiger charge is -2.31. The maximum Gasteiger partial charge on any atom is 0.341 e. The molecule has 4 aliphatic carbocycles. The van der Waals surface area contributed by atoms with Crippen molar-refractivity contribution in [3.8, 4) is 0 Å². The number of fused-ring (bicyclic) bond motifs is 1. The van der Waals surface area contributed by atoms with Crippen molar-refractivity contribution in [2.75, 3.05) is 23.4 Å². The predicted octanol–water partition coefficient (Wildman–Crippen LogP) is 5.33. The van der Waals surface area contributed by atoms with Gasteiger partial charge in [0.2, 0.25) is 5.91 Å². The maximum absolute atomic E-state index is 13.7. The van der Waals surface area contributed by atoms with Crippen LogP contribution in [0.25, 0.3) is 0 Å². The number of aromatic nitrogens is 1. The van der Waals surface area contributed by atoms with Gasteiger partial charge in [-0.15, -0.1) is 0 Å². The van der Waals surface area contributed by atoms with E-state index in [0.717, 1.165) is 31.2 Å². The number of carbonyl (C=O) groups excluding carboxylic acids is 3. The standard InChI is InChI=1S/C26H28ClN3O4S/c1-2-34-24(32)20-17-5-4-8-30(22(31)18-6-3-7-19(27)28-18)23(17)35-21(20)29-25(33)26-12-14-9-15(13-26)11-16(26)10-14/h3,6-7,14-16H,2,4-5,8-13H2,1H3,(H,29,33). The average molecular weight is 514 g/mol. The van der Waals surface area contributed by atoms with Gasteiger partial charge < -0.3 is 10.1 Å². The van der Waals surface area contributed by atoms with Gasteiger partial charge >= 0.3 is 5.97 Å². The van der Waals surface area contributed by atoms with E-state index in [4.69, 9.17) is 16.3 Å². The molecule has 2 atom stereocenters. The number of ether oxygens (including phenoxy) is 1. The third-order valence-corrected chi connectivity index (χ3v) is 9.75. The highest BCUT2D eigenvalue weighted by Crippen LogP contribution is 2.65. The summed E-state index contributed by atoms with van der Waals surface area (Å²) in [5, 5.41) is 4.59. The van der Waals surface area contributed by atoms with Gasteiger partial charge in [-0.2, -0.15) is 0 Å². The molecule has 3 heterocycles. The number of hydrogen-bond acceptors (Lipinski definition) is 6. The molecule has 2 unspecified atom stereocenters. The SMILES string of the molecule is CCOC(=O)c1c(NC(=O)C23CC4CC(CC2C4)C3)sc2c1CCCN2C(=O)c1cccc(Cl)n1. The van der Waals surface area contributed by atoms with Crippen molar-refractivity contribution < 1.29 is 19.1 Å². The van der Waals surface area contributed by atoms with Crippen LogP contribution in [0, 0.1) is 23.2 Å². The third kappa shape index (κ3) is 3.68. The fourth-order valence-electron chi connectivity index (χ4n) is 7.18. The minimum Gasteiger partial charge on any atom is -0.462 e. The lowest BCUT2D eigenvalue weighted by atomic mass is 9.75. The van der Waals surface area contributed by atoms with Crippen LogP contribution < -0.4 is 10.2 Å². The highest BCUT2D eigenvalue weighted by atomic mass is 35.5. The summed E-state index contributed by atoms with van der Waals surface area (Å²) in [6.45, 7) is 2.51. The normalized spacial score (nSPS) is 28.2. The van der Waals surface area contributed by atoms with Crippen LogP contribution in [0.15, 0.2) is 18.2 Å². The number of anilines is 2. The number of thiophene rings is 1. The zero-order valence-corrected chi connectivity index (χ0v) is 21.2. The van der Waals surface area contributed by atoms with Crippen LogP contribution in [0.2, 0.25) is 5.15 Å². The summed E-state index contributed by atoms with van der Waals surface area (Å²) in [6, 6.07) is 4.96. The number of esters is 1. The van der Waals surface area contributed by atoms with Crippen molar-refractivity contribution in [1.29, 1.82) is 0 Å². The van der Waals surface area contributed by atoms with E-state index in [1.807, 2.05) is 0 Å². The number of carbonyl (C=O) groups is 3. The average Bonchev–Trinajstić information content (AvgIpc) is 3.41. The van der Waals surface area contributed by atoms with Gasteiger partial charge in [-0.1, -0.05) is 29.0 Å². The first-order chi connectivity index (χ1) is 16.9. The number of rotatable bonds is 5. The molecule has 2 aromatic heterocycles. The van der Waals surface area contributed by atoms with E-state index in [1.54, 1.807) is 30.0 Å². The molecule has 7 nitrogen and oxygen atoms in total. The monoisotopic (exact) mass is 513 g/mol. The molecule has 4 fully saturated rings. The van der Waals surface area contributed by atoms with Crippen LogP contribution in [-0.2, 0) is 16.0 Å². The summed E-state index contributed by atoms with van der Waals surface area (Å²) in [4.78, 5) is 46.0. The molecule has 1 N–H and O–H groups in total. The Hall–Kier alpha value is -2.45. The molecule has 2 amide bonds. The molecule has 35 heavy (non-hydrogen) atoms. The Morgan fingerprint density at radius 1 is 1.23 bits per heavy atom. The lowest BCUT2D eigenvalue weighted by molar-refractivity contribution is -0.127. The van der Waals surface area contributed by atoms with Gasteiger partial charge in [0.1, 0.15) is 20.8 Å². The molecule has 1 aliphatic heterocycles. The van der Waals surface area contributed by atoms with Crippen molar-refractivity contribution in [2.24, 2.45) is 23.2 Å². The summed E-state index contributed by atoms with van der Waals surface area (Å²) in [6.07, 6.45) is 6.78. The van der Waals surface area contributed by atoms with Crippen molar-refractivity contribution in [3.63, 3.8) is 0 Å². The molecule has 0 saturated heterocycles. The van der Waals surface area contributed by atoms with Crippen LogP contribution in [0.5, 0.6) is 0 Å². The van der Waals surface area contributed by atoms with E-state index in [-0.39, 0.29) is 34.7 Å². The first-order valence-corrected chi connectivity index (χ1v) is 13.7. The second-order valence-electron chi connectivity index (χ2n) is 10.4. The quantitative estimate of drug-likeness (QED) is 0.431. The number of amides is 2. The highest BCUT2D eigenvalue weighted by Gasteiger charge is 2.61. The predicted molar refractivity (Wildman–Crippen MR) is 134 cm³/mol. The van der Waals surface area contributed by atoms with Crippen LogP contribution in [0.1, 0.15) is 71.9 Å². The molecule has 9 heteroatoms. The van der Waals surface area contributed by atoms with Gasteiger partial charge in [0.25, 0.3) is 5.91 Å². The molecule has 2 aromatic rings. The zero-order valence-electron chi connectivity index (χ0n) is 19.6. The van der Waals surface area contributed by atoms with Crippen molar-refractivity contribution in [2.45, 2.75) is 51.9 Å². The molecular formula is C26H28ClN3O4S. The van der Waals surface area contributed by atoms with Gasteiger partial charge in [-0.05, 0) is 81.8 Å². The van der Waals surface area contributed by atoms with Crippen molar-refractivity contribution in [1.82, 2.24) is 4.98 Å². The molecular weight excluding hydrogens is 486 g/mol. The van der Waals surface area contributed by atoms with Crippen LogP contribution >= 0.6 is 22.9 Å². The van der Waals surface area contributed by atoms with E-state index in [2.05, 4.69) is 10.3 Å². The zero-order chi connectivity index (χ0) is 24.3. The molecule has 4 saturated carbocycles. The molecule has 5 aliphatic rings. The van der Waals surface area contributed by atoms with E-state index in [0.29, 0.717) is 52.7 Å². The number of nitrogens with one attached hydrogen (secondary N) is 1. The minimum atomic E-state index is -0.453. The van der Waals surface area contributed by atoms with Gasteiger partial charge in [-0.25, -0.2) is 9.78 Å². The Bertz CT molecular complexity index is 1210. The van der Waals surface area contributed by atoms with Crippen LogP contribution in [-0.4, -0.2) is 35.9 Å². The van der Waals surface area contributed by atoms with Gasteiger partial charge in [-0.3, -0.25) is 14.5 Å². The Labute approximate surface area is 213 Å². The van der Waals surface area contributed by atoms with E-state index in [9.17, 15) is 14.4 Å². The second kappa shape index (κ2) is 8.59. The smallest absolute Gasteiger partial charge is 0.341 e. The van der Waals surface area contributed by atoms with Crippen LogP contribution in [0.3, 0.4) is 0 Å². The Kier molecular flexibility index (Phi) is 5.64. The maximum atomic E-state index is 13.7. The van der Waals surface area contributed by atoms with Crippen molar-refractivity contribution in [3.05, 3.63) is 40.2 Å². The molecule has 4 bridgehead atoms. The van der Waals surface area contributed by atoms with Crippen molar-refractivity contribution >= 4 is 50.7 Å². The molecule has 7 rings (SSSR count). The Morgan fingerprint density at radius 3 is 2.71 bits per heavy atom. The lowest BCUT2D eigenvalue weighted by Crippen LogP contribution is -2.37. The molecule has 184 valence electrons. The molecule has 0 aromatic carbocycles. The summed E-state index contributed by atoms with van der Waals surface area (Å²) in [7, 11) is 0. The number of nitrogens with zero attached hydrogens (tertiary/aromatic N) is 2. The Balaban J connectivity index is 1.36. The fraction of sp³-hybridized carbons (Fsp3) is 0.538. The first kappa shape index (κ1) is 23.0. The fourth-order valence-corrected chi connectivity index (χ4v) is 8.60.